The van der Waals surface area contributed by atoms with Crippen LogP contribution in [0.1, 0.15) is 23.6 Å². The van der Waals surface area contributed by atoms with E-state index in [4.69, 9.17) is 27.9 Å². The van der Waals surface area contributed by atoms with Crippen LogP contribution >= 0.6 is 39.1 Å². The number of alkyl halides is 1. The molecule has 0 atom stereocenters. The molecule has 0 amide bonds. The van der Waals surface area contributed by atoms with Crippen LogP contribution in [0.5, 0.6) is 5.75 Å². The van der Waals surface area contributed by atoms with Crippen LogP contribution in [0.15, 0.2) is 36.4 Å². The summed E-state index contributed by atoms with van der Waals surface area (Å²) in [5.74, 6) is 0.688. The summed E-state index contributed by atoms with van der Waals surface area (Å²) in [4.78, 5) is 0. The van der Waals surface area contributed by atoms with Gasteiger partial charge in [-0.3, -0.25) is 0 Å². The molecule has 4 heteroatoms. The first kappa shape index (κ1) is 15.7. The Kier molecular flexibility index (Phi) is 5.76. The highest BCUT2D eigenvalue weighted by atomic mass is 79.9. The van der Waals surface area contributed by atoms with Crippen molar-refractivity contribution >= 4 is 39.1 Å². The fraction of sp³-hybridized carbons (Fsp3) is 0.250. The molecule has 0 spiro atoms. The molecule has 0 aliphatic heterocycles. The van der Waals surface area contributed by atoms with Crippen LogP contribution in [0.3, 0.4) is 0 Å². The second-order valence-electron chi connectivity index (χ2n) is 4.47. The zero-order chi connectivity index (χ0) is 14.5. The van der Waals surface area contributed by atoms with Crippen molar-refractivity contribution in [3.05, 3.63) is 63.1 Å². The van der Waals surface area contributed by atoms with Crippen molar-refractivity contribution in [1.29, 1.82) is 0 Å². The van der Waals surface area contributed by atoms with Gasteiger partial charge in [0.25, 0.3) is 0 Å². The Morgan fingerprint density at radius 1 is 1.05 bits per heavy atom. The quantitative estimate of drug-likeness (QED) is 0.581. The molecular formula is C16H15BrCl2O. The van der Waals surface area contributed by atoms with Crippen LogP contribution < -0.4 is 4.74 Å². The van der Waals surface area contributed by atoms with Crippen LogP contribution in [0.4, 0.5) is 0 Å². The number of benzene rings is 2. The Labute approximate surface area is 138 Å². The second-order valence-corrected chi connectivity index (χ2v) is 5.87. The Morgan fingerprint density at radius 2 is 1.70 bits per heavy atom. The molecule has 0 aliphatic rings. The highest BCUT2D eigenvalue weighted by molar-refractivity contribution is 9.08. The van der Waals surface area contributed by atoms with E-state index in [0.29, 0.717) is 27.7 Å². The van der Waals surface area contributed by atoms with Gasteiger partial charge < -0.3 is 4.74 Å². The molecule has 0 saturated heterocycles. The van der Waals surface area contributed by atoms with Gasteiger partial charge in [-0.1, -0.05) is 70.3 Å². The summed E-state index contributed by atoms with van der Waals surface area (Å²) in [5.41, 5.74) is 3.39. The largest absolute Gasteiger partial charge is 0.487 e. The van der Waals surface area contributed by atoms with E-state index < -0.39 is 0 Å². The van der Waals surface area contributed by atoms with E-state index in [1.54, 1.807) is 6.07 Å². The van der Waals surface area contributed by atoms with Crippen molar-refractivity contribution in [2.75, 3.05) is 0 Å². The van der Waals surface area contributed by atoms with Gasteiger partial charge in [-0.2, -0.15) is 0 Å². The topological polar surface area (TPSA) is 9.23 Å². The second kappa shape index (κ2) is 7.35. The number of hydrogen-bond acceptors (Lipinski definition) is 1. The van der Waals surface area contributed by atoms with Gasteiger partial charge in [0, 0.05) is 15.9 Å². The van der Waals surface area contributed by atoms with Gasteiger partial charge in [-0.15, -0.1) is 0 Å². The molecule has 0 radical (unpaired) electrons. The van der Waals surface area contributed by atoms with Crippen LogP contribution in [0, 0.1) is 0 Å². The predicted molar refractivity (Wildman–Crippen MR) is 89.2 cm³/mol. The van der Waals surface area contributed by atoms with Gasteiger partial charge in [0.15, 0.2) is 0 Å². The SMILES string of the molecule is CCc1ccc(COc2c(Cl)cc(Cl)cc2CBr)cc1. The predicted octanol–water partition coefficient (Wildman–Crippen LogP) is 6.03. The highest BCUT2D eigenvalue weighted by Gasteiger charge is 2.10. The molecule has 0 heterocycles. The van der Waals surface area contributed by atoms with Crippen molar-refractivity contribution in [3.63, 3.8) is 0 Å². The molecular weight excluding hydrogens is 359 g/mol. The van der Waals surface area contributed by atoms with E-state index in [-0.39, 0.29) is 0 Å². The first-order chi connectivity index (χ1) is 9.63. The minimum Gasteiger partial charge on any atom is -0.487 e. The van der Waals surface area contributed by atoms with Crippen LogP contribution in [0.25, 0.3) is 0 Å². The average Bonchev–Trinajstić information content (AvgIpc) is 2.46. The van der Waals surface area contributed by atoms with Gasteiger partial charge in [0.1, 0.15) is 12.4 Å². The van der Waals surface area contributed by atoms with E-state index in [9.17, 15) is 0 Å². The number of hydrogen-bond donors (Lipinski definition) is 0. The molecule has 20 heavy (non-hydrogen) atoms. The summed E-state index contributed by atoms with van der Waals surface area (Å²) < 4.78 is 5.85. The van der Waals surface area contributed by atoms with E-state index in [0.717, 1.165) is 17.5 Å². The lowest BCUT2D eigenvalue weighted by Crippen LogP contribution is -1.99. The van der Waals surface area contributed by atoms with Gasteiger partial charge in [0.2, 0.25) is 0 Å². The van der Waals surface area contributed by atoms with E-state index in [2.05, 4.69) is 47.1 Å². The maximum Gasteiger partial charge on any atom is 0.142 e. The first-order valence-electron chi connectivity index (χ1n) is 6.38. The van der Waals surface area contributed by atoms with Gasteiger partial charge in [0.05, 0.1) is 5.02 Å². The summed E-state index contributed by atoms with van der Waals surface area (Å²) >= 11 is 15.6. The summed E-state index contributed by atoms with van der Waals surface area (Å²) in [6, 6.07) is 12.0. The zero-order valence-corrected chi connectivity index (χ0v) is 14.2. The van der Waals surface area contributed by atoms with Crippen LogP contribution in [-0.2, 0) is 18.4 Å². The Morgan fingerprint density at radius 3 is 2.30 bits per heavy atom. The van der Waals surface area contributed by atoms with E-state index in [1.165, 1.54) is 5.56 Å². The lowest BCUT2D eigenvalue weighted by Gasteiger charge is -2.13. The standard InChI is InChI=1S/C16H15BrCl2O/c1-2-11-3-5-12(6-4-11)10-20-16-13(9-17)7-14(18)8-15(16)19/h3-8H,2,9-10H2,1H3. The number of ether oxygens (including phenoxy) is 1. The van der Waals surface area contributed by atoms with E-state index >= 15 is 0 Å². The van der Waals surface area contributed by atoms with Gasteiger partial charge >= 0.3 is 0 Å². The third-order valence-corrected chi connectivity index (χ3v) is 4.15. The smallest absolute Gasteiger partial charge is 0.142 e. The molecule has 2 rings (SSSR count). The third kappa shape index (κ3) is 3.91. The molecule has 2 aromatic carbocycles. The molecule has 0 saturated carbocycles. The number of halogens is 3. The normalized spacial score (nSPS) is 10.6. The molecule has 0 unspecified atom stereocenters. The Bertz CT molecular complexity index is 582. The summed E-state index contributed by atoms with van der Waals surface area (Å²) in [6.07, 6.45) is 1.04. The molecule has 106 valence electrons. The van der Waals surface area contributed by atoms with Crippen molar-refractivity contribution in [2.24, 2.45) is 0 Å². The summed E-state index contributed by atoms with van der Waals surface area (Å²) in [7, 11) is 0. The summed E-state index contributed by atoms with van der Waals surface area (Å²) in [5, 5.41) is 1.80. The minimum absolute atomic E-state index is 0.491. The van der Waals surface area contributed by atoms with Crippen LogP contribution in [0.2, 0.25) is 10.0 Å². The Hall–Kier alpha value is -0.700. The highest BCUT2D eigenvalue weighted by Crippen LogP contribution is 2.34. The van der Waals surface area contributed by atoms with Crippen molar-refractivity contribution in [1.82, 2.24) is 0 Å². The molecule has 0 bridgehead atoms. The molecule has 2 aromatic rings. The average molecular weight is 374 g/mol. The Balaban J connectivity index is 2.13. The van der Waals surface area contributed by atoms with Crippen molar-refractivity contribution in [2.45, 2.75) is 25.3 Å². The van der Waals surface area contributed by atoms with E-state index in [1.807, 2.05) is 6.07 Å². The third-order valence-electron chi connectivity index (χ3n) is 3.04. The van der Waals surface area contributed by atoms with Crippen LogP contribution in [-0.4, -0.2) is 0 Å². The fourth-order valence-corrected chi connectivity index (χ4v) is 2.91. The molecule has 0 aliphatic carbocycles. The molecule has 0 aromatic heterocycles. The van der Waals surface area contributed by atoms with Crippen molar-refractivity contribution < 1.29 is 4.74 Å². The number of rotatable bonds is 5. The number of aryl methyl sites for hydroxylation is 1. The van der Waals surface area contributed by atoms with Gasteiger partial charge in [-0.25, -0.2) is 0 Å². The fourth-order valence-electron chi connectivity index (χ4n) is 1.90. The maximum absolute atomic E-state index is 6.20. The minimum atomic E-state index is 0.491. The monoisotopic (exact) mass is 372 g/mol. The molecule has 0 fully saturated rings. The lowest BCUT2D eigenvalue weighted by atomic mass is 10.1. The summed E-state index contributed by atoms with van der Waals surface area (Å²) in [6.45, 7) is 2.63. The zero-order valence-electron chi connectivity index (χ0n) is 11.1. The first-order valence-corrected chi connectivity index (χ1v) is 8.26. The maximum atomic E-state index is 6.20. The van der Waals surface area contributed by atoms with Crippen molar-refractivity contribution in [3.8, 4) is 5.75 Å². The molecule has 0 N–H and O–H groups in total. The molecule has 1 nitrogen and oxygen atoms in total. The lowest BCUT2D eigenvalue weighted by molar-refractivity contribution is 0.304. The van der Waals surface area contributed by atoms with Gasteiger partial charge in [-0.05, 0) is 29.7 Å².